The van der Waals surface area contributed by atoms with Crippen molar-refractivity contribution in [2.45, 2.75) is 37.3 Å². The topological polar surface area (TPSA) is 32.0 Å². The summed E-state index contributed by atoms with van der Waals surface area (Å²) in [6, 6.07) is 29.9. The lowest BCUT2D eigenvalue weighted by atomic mass is 9.72. The molecule has 5 aromatic rings. The van der Waals surface area contributed by atoms with E-state index in [0.717, 1.165) is 23.0 Å². The lowest BCUT2D eigenvalue weighted by Crippen LogP contribution is -2.47. The molecule has 0 saturated carbocycles. The minimum absolute atomic E-state index is 0.220. The van der Waals surface area contributed by atoms with Crippen molar-refractivity contribution in [2.24, 2.45) is 5.92 Å². The molecule has 0 amide bonds. The van der Waals surface area contributed by atoms with Crippen LogP contribution in [0.4, 0.5) is 0 Å². The molecule has 7 rings (SSSR count). The average molecular weight is 478 g/mol. The first kappa shape index (κ1) is 20.9. The molecule has 0 bridgehead atoms. The number of aryl methyl sites for hydroxylation is 1. The molecular formula is C30H27N3OS. The Morgan fingerprint density at radius 1 is 0.857 bits per heavy atom. The summed E-state index contributed by atoms with van der Waals surface area (Å²) in [4.78, 5) is 0. The van der Waals surface area contributed by atoms with E-state index in [9.17, 15) is 0 Å². The molecule has 174 valence electrons. The van der Waals surface area contributed by atoms with Gasteiger partial charge in [0.25, 0.3) is 0 Å². The number of nitrogens with zero attached hydrogens (tertiary/aromatic N) is 3. The maximum absolute atomic E-state index is 6.79. The molecule has 2 aliphatic heterocycles. The minimum Gasteiger partial charge on any atom is -0.471 e. The lowest BCUT2D eigenvalue weighted by molar-refractivity contribution is 0.0201. The van der Waals surface area contributed by atoms with E-state index in [-0.39, 0.29) is 11.5 Å². The zero-order valence-corrected chi connectivity index (χ0v) is 20.9. The average Bonchev–Trinajstić information content (AvgIpc) is 3.39. The number of hydrogen-bond acceptors (Lipinski definition) is 3. The molecule has 0 radical (unpaired) electrons. The van der Waals surface area contributed by atoms with Crippen molar-refractivity contribution >= 4 is 22.7 Å². The van der Waals surface area contributed by atoms with E-state index in [4.69, 9.17) is 9.84 Å². The van der Waals surface area contributed by atoms with Crippen LogP contribution < -0.4 is 4.74 Å². The van der Waals surface area contributed by atoms with Crippen LogP contribution >= 0.6 is 11.8 Å². The summed E-state index contributed by atoms with van der Waals surface area (Å²) in [5.41, 5.74) is 6.87. The number of aromatic nitrogens is 3. The van der Waals surface area contributed by atoms with Gasteiger partial charge >= 0.3 is 0 Å². The first-order valence-corrected chi connectivity index (χ1v) is 13.2. The number of rotatable bonds is 2. The predicted octanol–water partition coefficient (Wildman–Crippen LogP) is 7.15. The highest BCUT2D eigenvalue weighted by Gasteiger charge is 2.51. The van der Waals surface area contributed by atoms with E-state index < -0.39 is 0 Å². The van der Waals surface area contributed by atoms with Crippen molar-refractivity contribution in [3.05, 3.63) is 102 Å². The number of fused-ring (bicyclic) bond motifs is 7. The molecule has 5 heteroatoms. The van der Waals surface area contributed by atoms with Gasteiger partial charge in [-0.25, -0.2) is 4.68 Å². The lowest BCUT2D eigenvalue weighted by Gasteiger charge is -2.46. The molecule has 2 aliphatic rings. The Morgan fingerprint density at radius 2 is 1.51 bits per heavy atom. The second kappa shape index (κ2) is 7.53. The van der Waals surface area contributed by atoms with Gasteiger partial charge in [-0.2, -0.15) is 5.10 Å². The molecule has 0 N–H and O–H groups in total. The van der Waals surface area contributed by atoms with E-state index in [0.29, 0.717) is 5.92 Å². The molecule has 3 aromatic carbocycles. The van der Waals surface area contributed by atoms with Gasteiger partial charge in [0.05, 0.1) is 21.9 Å². The third-order valence-electron chi connectivity index (χ3n) is 7.62. The first-order valence-electron chi connectivity index (χ1n) is 12.2. The summed E-state index contributed by atoms with van der Waals surface area (Å²) in [5, 5.41) is 7.68. The fourth-order valence-electron chi connectivity index (χ4n) is 5.97. The van der Waals surface area contributed by atoms with E-state index in [2.05, 4.69) is 104 Å². The van der Waals surface area contributed by atoms with Crippen LogP contribution in [0, 0.1) is 12.8 Å². The maximum Gasteiger partial charge on any atom is 0.221 e. The Kier molecular flexibility index (Phi) is 4.49. The molecule has 0 fully saturated rings. The largest absolute Gasteiger partial charge is 0.471 e. The highest BCUT2D eigenvalue weighted by Crippen LogP contribution is 2.58. The van der Waals surface area contributed by atoms with Gasteiger partial charge in [-0.05, 0) is 51.1 Å². The van der Waals surface area contributed by atoms with Gasteiger partial charge in [0, 0.05) is 39.8 Å². The van der Waals surface area contributed by atoms with E-state index in [1.54, 1.807) is 0 Å². The Labute approximate surface area is 209 Å². The highest BCUT2D eigenvalue weighted by molar-refractivity contribution is 7.99. The van der Waals surface area contributed by atoms with Crippen LogP contribution in [-0.4, -0.2) is 25.7 Å². The van der Waals surface area contributed by atoms with Crippen LogP contribution in [0.2, 0.25) is 0 Å². The zero-order valence-electron chi connectivity index (χ0n) is 20.1. The van der Waals surface area contributed by atoms with Crippen molar-refractivity contribution in [1.82, 2.24) is 14.3 Å². The van der Waals surface area contributed by atoms with Crippen LogP contribution in [0.5, 0.6) is 5.88 Å². The summed E-state index contributed by atoms with van der Waals surface area (Å²) in [7, 11) is 0. The molecule has 4 nitrogen and oxygen atoms in total. The van der Waals surface area contributed by atoms with Crippen molar-refractivity contribution in [2.75, 3.05) is 5.75 Å². The van der Waals surface area contributed by atoms with Crippen molar-refractivity contribution in [3.8, 4) is 17.3 Å². The number of hydrogen-bond donors (Lipinski definition) is 0. The minimum atomic E-state index is -0.322. The molecule has 4 heterocycles. The third-order valence-corrected chi connectivity index (χ3v) is 8.82. The number of ether oxygens (including phenoxy) is 1. The van der Waals surface area contributed by atoms with Gasteiger partial charge < -0.3 is 9.30 Å². The van der Waals surface area contributed by atoms with Crippen molar-refractivity contribution in [1.29, 1.82) is 0 Å². The summed E-state index contributed by atoms with van der Waals surface area (Å²) < 4.78 is 11.2. The molecule has 2 aromatic heterocycles. The van der Waals surface area contributed by atoms with Crippen LogP contribution in [0.15, 0.2) is 90.0 Å². The standard InChI is InChI=1S/C30H27N3OS/c1-19-25-27-23(30(2,3)34-28(25)33(31-19)21-14-8-5-9-15-21)18-35-29-26(27)22-16-10-11-17-24(22)32(29)20-12-6-4-7-13-20/h4-17,23,27H,18H2,1-3H3/t23-,27-/m1/s1. The van der Waals surface area contributed by atoms with Gasteiger partial charge in [-0.3, -0.25) is 0 Å². The summed E-state index contributed by atoms with van der Waals surface area (Å²) in [6.45, 7) is 6.62. The smallest absolute Gasteiger partial charge is 0.221 e. The van der Waals surface area contributed by atoms with E-state index >= 15 is 0 Å². The first-order chi connectivity index (χ1) is 17.0. The quantitative estimate of drug-likeness (QED) is 0.271. The molecule has 0 aliphatic carbocycles. The molecule has 2 atom stereocenters. The highest BCUT2D eigenvalue weighted by atomic mass is 32.2. The van der Waals surface area contributed by atoms with Crippen molar-refractivity contribution < 1.29 is 4.74 Å². The van der Waals surface area contributed by atoms with E-state index in [1.807, 2.05) is 22.5 Å². The maximum atomic E-state index is 6.79. The molecule has 0 unspecified atom stereocenters. The SMILES string of the molecule is Cc1nn(-c2ccccc2)c2c1[C@@H]1c3c(n(-c4ccccc4)c4ccccc34)SC[C@H]1C(C)(C)O2. The Morgan fingerprint density at radius 3 is 2.26 bits per heavy atom. The van der Waals surface area contributed by atoms with Gasteiger partial charge in [0.1, 0.15) is 5.60 Å². The van der Waals surface area contributed by atoms with Crippen LogP contribution in [-0.2, 0) is 0 Å². The second-order valence-corrected chi connectivity index (χ2v) is 11.1. The summed E-state index contributed by atoms with van der Waals surface area (Å²) in [6.07, 6.45) is 0. The van der Waals surface area contributed by atoms with Crippen LogP contribution in [0.25, 0.3) is 22.3 Å². The monoisotopic (exact) mass is 477 g/mol. The number of para-hydroxylation sites is 3. The fraction of sp³-hybridized carbons (Fsp3) is 0.233. The number of benzene rings is 3. The van der Waals surface area contributed by atoms with Crippen LogP contribution in [0.1, 0.15) is 36.6 Å². The van der Waals surface area contributed by atoms with Gasteiger partial charge in [-0.15, -0.1) is 11.8 Å². The molecular weight excluding hydrogens is 450 g/mol. The zero-order chi connectivity index (χ0) is 23.7. The molecule has 0 spiro atoms. The Hall–Kier alpha value is -3.44. The summed E-state index contributed by atoms with van der Waals surface area (Å²) in [5.74, 6) is 2.45. The molecule has 0 saturated heterocycles. The third kappa shape index (κ3) is 2.97. The van der Waals surface area contributed by atoms with Crippen molar-refractivity contribution in [3.63, 3.8) is 0 Å². The molecule has 35 heavy (non-hydrogen) atoms. The summed E-state index contributed by atoms with van der Waals surface area (Å²) >= 11 is 1.96. The van der Waals surface area contributed by atoms with Gasteiger partial charge in [0.15, 0.2) is 0 Å². The number of thioether (sulfide) groups is 1. The predicted molar refractivity (Wildman–Crippen MR) is 142 cm³/mol. The fourth-order valence-corrected chi connectivity index (χ4v) is 7.63. The van der Waals surface area contributed by atoms with E-state index in [1.165, 1.54) is 32.7 Å². The Bertz CT molecular complexity index is 1570. The van der Waals surface area contributed by atoms with Gasteiger partial charge in [0.2, 0.25) is 5.88 Å². The van der Waals surface area contributed by atoms with Gasteiger partial charge in [-0.1, -0.05) is 54.6 Å². The second-order valence-electron chi connectivity index (χ2n) is 10.1. The van der Waals surface area contributed by atoms with Crippen LogP contribution in [0.3, 0.4) is 0 Å². The Balaban J connectivity index is 1.54. The normalized spacial score (nSPS) is 20.1.